The standard InChI is InChI=1S/C23H25FN6/c1-14-8-20(26-30-12-15(2)25-22(14)30)16-9-17-13-29(27-21(17)19(24)10-16)18-4-7-28(3)23(11-18)5-6-23/h8-10,12-13,18H,4-7,11H2,1-3H3/t18-/m0/s1. The molecule has 1 saturated carbocycles. The lowest BCUT2D eigenvalue weighted by molar-refractivity contribution is 0.121. The van der Waals surface area contributed by atoms with Gasteiger partial charge in [-0.05, 0) is 70.3 Å². The van der Waals surface area contributed by atoms with Crippen LogP contribution >= 0.6 is 0 Å². The summed E-state index contributed by atoms with van der Waals surface area (Å²) in [6.45, 7) is 5.03. The third-order valence-corrected chi connectivity index (χ3v) is 7.03. The Morgan fingerprint density at radius 3 is 2.73 bits per heavy atom. The van der Waals surface area contributed by atoms with Gasteiger partial charge >= 0.3 is 0 Å². The zero-order valence-electron chi connectivity index (χ0n) is 17.6. The SMILES string of the molecule is Cc1cn2nc(-c3cc(F)c4nn([C@H]5CCN(C)C6(CC6)C5)cc4c3)cc(C)c2n1. The maximum Gasteiger partial charge on any atom is 0.156 e. The molecule has 3 aromatic heterocycles. The maximum absolute atomic E-state index is 15.0. The number of piperidine rings is 1. The predicted molar refractivity (Wildman–Crippen MR) is 114 cm³/mol. The summed E-state index contributed by atoms with van der Waals surface area (Å²) in [6, 6.07) is 5.86. The molecular formula is C23H25FN6. The molecule has 2 fully saturated rings. The smallest absolute Gasteiger partial charge is 0.156 e. The van der Waals surface area contributed by atoms with Crippen LogP contribution in [0, 0.1) is 19.7 Å². The Bertz CT molecular complexity index is 1300. The summed E-state index contributed by atoms with van der Waals surface area (Å²) in [7, 11) is 2.22. The van der Waals surface area contributed by atoms with Crippen molar-refractivity contribution in [1.29, 1.82) is 0 Å². The van der Waals surface area contributed by atoms with Gasteiger partial charge in [0.25, 0.3) is 0 Å². The van der Waals surface area contributed by atoms with Crippen molar-refractivity contribution in [3.05, 3.63) is 47.7 Å². The third-order valence-electron chi connectivity index (χ3n) is 7.03. The van der Waals surface area contributed by atoms with Crippen molar-refractivity contribution in [2.24, 2.45) is 0 Å². The summed E-state index contributed by atoms with van der Waals surface area (Å²) < 4.78 is 18.8. The van der Waals surface area contributed by atoms with E-state index >= 15 is 4.39 Å². The van der Waals surface area contributed by atoms with Gasteiger partial charge in [-0.2, -0.15) is 10.2 Å². The van der Waals surface area contributed by atoms with Gasteiger partial charge in [-0.3, -0.25) is 4.68 Å². The first kappa shape index (κ1) is 18.0. The molecule has 0 N–H and O–H groups in total. The highest BCUT2D eigenvalue weighted by Crippen LogP contribution is 2.50. The van der Waals surface area contributed by atoms with E-state index in [0.717, 1.165) is 52.9 Å². The van der Waals surface area contributed by atoms with Crippen molar-refractivity contribution < 1.29 is 4.39 Å². The maximum atomic E-state index is 15.0. The van der Waals surface area contributed by atoms with Crippen LogP contribution in [0.15, 0.2) is 30.6 Å². The summed E-state index contributed by atoms with van der Waals surface area (Å²) in [5.41, 5.74) is 5.06. The Morgan fingerprint density at radius 2 is 1.93 bits per heavy atom. The predicted octanol–water partition coefficient (Wildman–Crippen LogP) is 4.30. The molecule has 4 aromatic rings. The lowest BCUT2D eigenvalue weighted by atomic mass is 9.96. The van der Waals surface area contributed by atoms with Gasteiger partial charge < -0.3 is 4.90 Å². The van der Waals surface area contributed by atoms with Crippen molar-refractivity contribution in [2.75, 3.05) is 13.6 Å². The van der Waals surface area contributed by atoms with Crippen molar-refractivity contribution >= 4 is 16.6 Å². The number of aromatic nitrogens is 5. The molecule has 1 atom stereocenters. The highest BCUT2D eigenvalue weighted by atomic mass is 19.1. The third kappa shape index (κ3) is 2.68. The van der Waals surface area contributed by atoms with E-state index < -0.39 is 0 Å². The Balaban J connectivity index is 1.41. The number of benzene rings is 1. The van der Waals surface area contributed by atoms with E-state index in [9.17, 15) is 0 Å². The van der Waals surface area contributed by atoms with Gasteiger partial charge in [0, 0.05) is 29.2 Å². The zero-order chi connectivity index (χ0) is 20.6. The van der Waals surface area contributed by atoms with E-state index in [2.05, 4.69) is 27.1 Å². The van der Waals surface area contributed by atoms with Crippen molar-refractivity contribution in [3.63, 3.8) is 0 Å². The minimum absolute atomic E-state index is 0.295. The number of likely N-dealkylation sites (tertiary alicyclic amines) is 1. The number of rotatable bonds is 2. The van der Waals surface area contributed by atoms with Gasteiger partial charge in [-0.25, -0.2) is 13.9 Å². The molecule has 154 valence electrons. The van der Waals surface area contributed by atoms with Crippen LogP contribution < -0.4 is 0 Å². The Kier molecular flexibility index (Phi) is 3.67. The molecule has 2 aliphatic rings. The number of fused-ring (bicyclic) bond motifs is 2. The first-order valence-corrected chi connectivity index (χ1v) is 10.7. The van der Waals surface area contributed by atoms with Gasteiger partial charge in [0.2, 0.25) is 0 Å². The second kappa shape index (κ2) is 6.11. The molecule has 1 aliphatic heterocycles. The first-order chi connectivity index (χ1) is 14.4. The molecule has 4 heterocycles. The van der Waals surface area contributed by atoms with Gasteiger partial charge in [-0.1, -0.05) is 0 Å². The van der Waals surface area contributed by atoms with E-state index in [1.54, 1.807) is 10.6 Å². The number of hydrogen-bond acceptors (Lipinski definition) is 4. The normalized spacial score (nSPS) is 21.1. The van der Waals surface area contributed by atoms with Crippen LogP contribution in [0.4, 0.5) is 4.39 Å². The molecule has 6 nitrogen and oxygen atoms in total. The van der Waals surface area contributed by atoms with Crippen molar-refractivity contribution in [1.82, 2.24) is 29.3 Å². The van der Waals surface area contributed by atoms with Crippen LogP contribution in [0.5, 0.6) is 0 Å². The van der Waals surface area contributed by atoms with E-state index in [1.807, 2.05) is 43.1 Å². The average Bonchev–Trinajstić information content (AvgIpc) is 3.16. The largest absolute Gasteiger partial charge is 0.301 e. The fourth-order valence-electron chi connectivity index (χ4n) is 5.06. The molecule has 0 amide bonds. The van der Waals surface area contributed by atoms with E-state index in [4.69, 9.17) is 0 Å². The topological polar surface area (TPSA) is 51.3 Å². The molecule has 1 saturated heterocycles. The van der Waals surface area contributed by atoms with E-state index in [0.29, 0.717) is 17.1 Å². The number of hydrogen-bond donors (Lipinski definition) is 0. The quantitative estimate of drug-likeness (QED) is 0.500. The Labute approximate surface area is 174 Å². The van der Waals surface area contributed by atoms with Crippen molar-refractivity contribution in [3.8, 4) is 11.3 Å². The van der Waals surface area contributed by atoms with Crippen LogP contribution in [-0.2, 0) is 0 Å². The summed E-state index contributed by atoms with van der Waals surface area (Å²) in [6.07, 6.45) is 8.59. The minimum Gasteiger partial charge on any atom is -0.301 e. The number of nitrogens with zero attached hydrogens (tertiary/aromatic N) is 6. The average molecular weight is 404 g/mol. The molecule has 0 bridgehead atoms. The van der Waals surface area contributed by atoms with E-state index in [-0.39, 0.29) is 5.82 Å². The highest BCUT2D eigenvalue weighted by Gasteiger charge is 2.50. The fraction of sp³-hybridized carbons (Fsp3) is 0.435. The molecule has 0 unspecified atom stereocenters. The van der Waals surface area contributed by atoms with Crippen LogP contribution in [0.3, 0.4) is 0 Å². The molecule has 6 rings (SSSR count). The second-order valence-corrected chi connectivity index (χ2v) is 9.16. The van der Waals surface area contributed by atoms with Gasteiger partial charge in [-0.15, -0.1) is 0 Å². The Morgan fingerprint density at radius 1 is 1.10 bits per heavy atom. The number of aryl methyl sites for hydroxylation is 2. The number of imidazole rings is 1. The minimum atomic E-state index is -0.295. The highest BCUT2D eigenvalue weighted by molar-refractivity contribution is 5.84. The first-order valence-electron chi connectivity index (χ1n) is 10.7. The fourth-order valence-corrected chi connectivity index (χ4v) is 5.06. The van der Waals surface area contributed by atoms with Crippen molar-refractivity contribution in [2.45, 2.75) is 51.1 Å². The lowest BCUT2D eigenvalue weighted by Gasteiger charge is -2.37. The van der Waals surface area contributed by atoms with Crippen LogP contribution in [0.25, 0.3) is 27.8 Å². The van der Waals surface area contributed by atoms with Crippen LogP contribution in [-0.4, -0.2) is 48.4 Å². The summed E-state index contributed by atoms with van der Waals surface area (Å²) >= 11 is 0. The van der Waals surface area contributed by atoms with Crippen LogP contribution in [0.2, 0.25) is 0 Å². The molecule has 30 heavy (non-hydrogen) atoms. The molecule has 7 heteroatoms. The molecule has 0 radical (unpaired) electrons. The lowest BCUT2D eigenvalue weighted by Crippen LogP contribution is -2.42. The van der Waals surface area contributed by atoms with Gasteiger partial charge in [0.15, 0.2) is 11.5 Å². The summed E-state index contributed by atoms with van der Waals surface area (Å²) in [5.74, 6) is -0.295. The monoisotopic (exact) mass is 404 g/mol. The Hall–Kier alpha value is -2.80. The van der Waals surface area contributed by atoms with Gasteiger partial charge in [0.05, 0.1) is 23.6 Å². The van der Waals surface area contributed by atoms with E-state index in [1.165, 1.54) is 12.8 Å². The summed E-state index contributed by atoms with van der Waals surface area (Å²) in [4.78, 5) is 7.00. The summed E-state index contributed by atoms with van der Waals surface area (Å²) in [5, 5.41) is 10.1. The molecular weight excluding hydrogens is 379 g/mol. The zero-order valence-corrected chi connectivity index (χ0v) is 17.6. The second-order valence-electron chi connectivity index (χ2n) is 9.16. The molecule has 1 spiro atoms. The van der Waals surface area contributed by atoms with Crippen LogP contribution in [0.1, 0.15) is 43.0 Å². The molecule has 1 aliphatic carbocycles. The number of halogens is 1. The van der Waals surface area contributed by atoms with Gasteiger partial charge in [0.1, 0.15) is 5.52 Å². The molecule has 1 aromatic carbocycles.